The minimum Gasteiger partial charge on any atom is -0.452 e. The molecule has 0 saturated carbocycles. The van der Waals surface area contributed by atoms with Crippen molar-refractivity contribution in [2.24, 2.45) is 0 Å². The Balaban J connectivity index is 1.62. The molecule has 2 aromatic heterocycles. The van der Waals surface area contributed by atoms with E-state index in [1.165, 1.54) is 6.20 Å². The van der Waals surface area contributed by atoms with E-state index in [2.05, 4.69) is 15.4 Å². The highest BCUT2D eigenvalue weighted by molar-refractivity contribution is 5.97. The molecule has 0 radical (unpaired) electrons. The van der Waals surface area contributed by atoms with Crippen LogP contribution in [-0.4, -0.2) is 57.1 Å². The van der Waals surface area contributed by atoms with E-state index in [1.807, 2.05) is 33.8 Å². The fraction of sp³-hybridized carbons (Fsp3) is 0.320. The zero-order chi connectivity index (χ0) is 24.7. The van der Waals surface area contributed by atoms with Gasteiger partial charge in [-0.3, -0.25) is 9.59 Å². The maximum Gasteiger partial charge on any atom is 0.342 e. The van der Waals surface area contributed by atoms with Gasteiger partial charge in [-0.1, -0.05) is 19.9 Å². The molecule has 178 valence electrons. The number of carbonyl (C=O) groups is 3. The quantitative estimate of drug-likeness (QED) is 0.485. The van der Waals surface area contributed by atoms with Crippen molar-refractivity contribution in [1.29, 1.82) is 0 Å². The molecular weight excluding hydrogens is 434 g/mol. The van der Waals surface area contributed by atoms with Gasteiger partial charge >= 0.3 is 5.97 Å². The van der Waals surface area contributed by atoms with Gasteiger partial charge in [-0.2, -0.15) is 5.10 Å². The van der Waals surface area contributed by atoms with Gasteiger partial charge in [0.05, 0.1) is 11.9 Å². The Morgan fingerprint density at radius 1 is 1.06 bits per heavy atom. The van der Waals surface area contributed by atoms with E-state index in [1.54, 1.807) is 52.2 Å². The van der Waals surface area contributed by atoms with Gasteiger partial charge in [0.1, 0.15) is 5.56 Å². The minimum absolute atomic E-state index is 0.0292. The van der Waals surface area contributed by atoms with Crippen molar-refractivity contribution in [2.75, 3.05) is 25.0 Å². The Labute approximate surface area is 198 Å². The zero-order valence-electron chi connectivity index (χ0n) is 19.8. The van der Waals surface area contributed by atoms with E-state index in [-0.39, 0.29) is 17.4 Å². The van der Waals surface area contributed by atoms with Crippen LogP contribution in [0.4, 0.5) is 5.69 Å². The summed E-state index contributed by atoms with van der Waals surface area (Å²) in [6.45, 7) is 8.52. The van der Waals surface area contributed by atoms with Crippen LogP contribution in [0.3, 0.4) is 0 Å². The number of anilines is 1. The molecule has 0 atom stereocenters. The second kappa shape index (κ2) is 11.2. The number of nitrogens with one attached hydrogen (secondary N) is 1. The summed E-state index contributed by atoms with van der Waals surface area (Å²) in [5.41, 5.74) is 1.98. The molecule has 3 rings (SSSR count). The lowest BCUT2D eigenvalue weighted by Gasteiger charge is -2.18. The number of rotatable bonds is 9. The standard InChI is InChI=1S/C25H29N5O4/c1-5-29(6-2)24(32)18-10-12-19(13-11-18)28-22(31)16-34-25(33)20-15-27-30(23(20)17(3)4)21-9-7-8-14-26-21/h7-15,17H,5-6,16H2,1-4H3,(H,28,31). The van der Waals surface area contributed by atoms with Crippen molar-refractivity contribution in [2.45, 2.75) is 33.6 Å². The van der Waals surface area contributed by atoms with Gasteiger partial charge in [-0.25, -0.2) is 14.5 Å². The summed E-state index contributed by atoms with van der Waals surface area (Å²) in [6.07, 6.45) is 3.07. The SMILES string of the molecule is CCN(CC)C(=O)c1ccc(NC(=O)COC(=O)c2cnn(-c3ccccn3)c2C(C)C)cc1. The highest BCUT2D eigenvalue weighted by Crippen LogP contribution is 2.23. The number of aromatic nitrogens is 3. The Morgan fingerprint density at radius 3 is 2.35 bits per heavy atom. The summed E-state index contributed by atoms with van der Waals surface area (Å²) in [5, 5.41) is 6.96. The molecule has 1 aromatic carbocycles. The predicted molar refractivity (Wildman–Crippen MR) is 128 cm³/mol. The van der Waals surface area contributed by atoms with Gasteiger partial charge in [0.15, 0.2) is 12.4 Å². The molecule has 0 aliphatic carbocycles. The second-order valence-corrected chi connectivity index (χ2v) is 7.88. The Morgan fingerprint density at radius 2 is 1.76 bits per heavy atom. The van der Waals surface area contributed by atoms with Crippen LogP contribution >= 0.6 is 0 Å². The number of hydrogen-bond acceptors (Lipinski definition) is 6. The van der Waals surface area contributed by atoms with Crippen LogP contribution in [0.2, 0.25) is 0 Å². The first kappa shape index (κ1) is 24.6. The lowest BCUT2D eigenvalue weighted by molar-refractivity contribution is -0.119. The van der Waals surface area contributed by atoms with Crippen LogP contribution in [0, 0.1) is 0 Å². The first-order chi connectivity index (χ1) is 16.3. The average molecular weight is 464 g/mol. The van der Waals surface area contributed by atoms with Crippen molar-refractivity contribution in [3.8, 4) is 5.82 Å². The summed E-state index contributed by atoms with van der Waals surface area (Å²) in [7, 11) is 0. The Hall–Kier alpha value is -4.01. The van der Waals surface area contributed by atoms with Gasteiger partial charge in [0.25, 0.3) is 11.8 Å². The van der Waals surface area contributed by atoms with Crippen molar-refractivity contribution in [1.82, 2.24) is 19.7 Å². The smallest absolute Gasteiger partial charge is 0.342 e. The molecule has 0 aliphatic rings. The molecule has 0 saturated heterocycles. The van der Waals surface area contributed by atoms with Crippen LogP contribution in [-0.2, 0) is 9.53 Å². The summed E-state index contributed by atoms with van der Waals surface area (Å²) >= 11 is 0. The monoisotopic (exact) mass is 463 g/mol. The Kier molecular flexibility index (Phi) is 8.13. The number of benzene rings is 1. The van der Waals surface area contributed by atoms with Crippen molar-refractivity contribution >= 4 is 23.5 Å². The molecule has 34 heavy (non-hydrogen) atoms. The van der Waals surface area contributed by atoms with Crippen molar-refractivity contribution < 1.29 is 19.1 Å². The summed E-state index contributed by atoms with van der Waals surface area (Å²) in [4.78, 5) is 43.4. The van der Waals surface area contributed by atoms with Crippen LogP contribution in [0.1, 0.15) is 60.0 Å². The number of hydrogen-bond donors (Lipinski definition) is 1. The van der Waals surface area contributed by atoms with Crippen LogP contribution < -0.4 is 5.32 Å². The number of esters is 1. The first-order valence-corrected chi connectivity index (χ1v) is 11.2. The van der Waals surface area contributed by atoms with Gasteiger partial charge in [-0.05, 0) is 56.2 Å². The summed E-state index contributed by atoms with van der Waals surface area (Å²) in [5.74, 6) is -0.631. The third-order valence-corrected chi connectivity index (χ3v) is 5.24. The maximum atomic E-state index is 12.7. The molecule has 0 fully saturated rings. The van der Waals surface area contributed by atoms with Gasteiger partial charge in [0.2, 0.25) is 0 Å². The number of nitrogens with zero attached hydrogens (tertiary/aromatic N) is 4. The second-order valence-electron chi connectivity index (χ2n) is 7.88. The fourth-order valence-corrected chi connectivity index (χ4v) is 3.53. The molecule has 0 spiro atoms. The highest BCUT2D eigenvalue weighted by atomic mass is 16.5. The molecule has 0 aliphatic heterocycles. The fourth-order valence-electron chi connectivity index (χ4n) is 3.53. The van der Waals surface area contributed by atoms with Gasteiger partial charge in [0, 0.05) is 30.5 Å². The molecule has 1 N–H and O–H groups in total. The van der Waals surface area contributed by atoms with E-state index < -0.39 is 18.5 Å². The summed E-state index contributed by atoms with van der Waals surface area (Å²) < 4.78 is 6.84. The lowest BCUT2D eigenvalue weighted by Crippen LogP contribution is -2.30. The molecule has 0 bridgehead atoms. The van der Waals surface area contributed by atoms with Crippen molar-refractivity contribution in [3.63, 3.8) is 0 Å². The molecular formula is C25H29N5O4. The van der Waals surface area contributed by atoms with Gasteiger partial charge < -0.3 is 15.0 Å². The lowest BCUT2D eigenvalue weighted by atomic mass is 10.1. The molecule has 9 nitrogen and oxygen atoms in total. The van der Waals surface area contributed by atoms with E-state index in [0.717, 1.165) is 0 Å². The third kappa shape index (κ3) is 5.67. The molecule has 0 unspecified atom stereocenters. The normalized spacial score (nSPS) is 10.7. The van der Waals surface area contributed by atoms with E-state index >= 15 is 0 Å². The summed E-state index contributed by atoms with van der Waals surface area (Å²) in [6, 6.07) is 12.0. The molecule has 3 aromatic rings. The minimum atomic E-state index is -0.638. The first-order valence-electron chi connectivity index (χ1n) is 11.2. The van der Waals surface area contributed by atoms with Crippen LogP contribution in [0.5, 0.6) is 0 Å². The van der Waals surface area contributed by atoms with Crippen LogP contribution in [0.15, 0.2) is 54.9 Å². The zero-order valence-corrected chi connectivity index (χ0v) is 19.8. The van der Waals surface area contributed by atoms with Gasteiger partial charge in [-0.15, -0.1) is 0 Å². The number of carbonyl (C=O) groups excluding carboxylic acids is 3. The molecule has 2 heterocycles. The van der Waals surface area contributed by atoms with E-state index in [9.17, 15) is 14.4 Å². The highest BCUT2D eigenvalue weighted by Gasteiger charge is 2.23. The van der Waals surface area contributed by atoms with E-state index in [4.69, 9.17) is 4.74 Å². The topological polar surface area (TPSA) is 106 Å². The average Bonchev–Trinajstić information content (AvgIpc) is 3.30. The molecule has 2 amide bonds. The molecule has 9 heteroatoms. The van der Waals surface area contributed by atoms with Crippen molar-refractivity contribution in [3.05, 3.63) is 71.7 Å². The Bertz CT molecular complexity index is 1140. The number of amides is 2. The van der Waals surface area contributed by atoms with E-state index in [0.29, 0.717) is 35.9 Å². The number of ether oxygens (including phenoxy) is 1. The third-order valence-electron chi connectivity index (χ3n) is 5.24. The largest absolute Gasteiger partial charge is 0.452 e. The maximum absolute atomic E-state index is 12.7. The predicted octanol–water partition coefficient (Wildman–Crippen LogP) is 3.67. The van der Waals surface area contributed by atoms with Crippen LogP contribution in [0.25, 0.3) is 5.82 Å². The number of pyridine rings is 1.